The Morgan fingerprint density at radius 3 is 2.88 bits per heavy atom. The Balaban J connectivity index is 2.13. The lowest BCUT2D eigenvalue weighted by Gasteiger charge is -2.17. The lowest BCUT2D eigenvalue weighted by atomic mass is 10.2. The van der Waals surface area contributed by atoms with E-state index in [2.05, 4.69) is 0 Å². The summed E-state index contributed by atoms with van der Waals surface area (Å²) in [5.74, 6) is 0. The van der Waals surface area contributed by atoms with Gasteiger partial charge in [0.1, 0.15) is 0 Å². The molecule has 1 aliphatic heterocycles. The molecule has 1 heterocycles. The summed E-state index contributed by atoms with van der Waals surface area (Å²) in [4.78, 5) is 0. The summed E-state index contributed by atoms with van der Waals surface area (Å²) in [6, 6.07) is 0. The van der Waals surface area contributed by atoms with Gasteiger partial charge in [0.15, 0.2) is 0 Å². The van der Waals surface area contributed by atoms with Crippen LogP contribution in [-0.4, -0.2) is 18.5 Å². The summed E-state index contributed by atoms with van der Waals surface area (Å²) < 4.78 is 5.17. The summed E-state index contributed by atoms with van der Waals surface area (Å²) in [7, 11) is 6.91. The highest BCUT2D eigenvalue weighted by molar-refractivity contribution is 8.21. The Bertz CT molecular complexity index is 63.4. The number of rotatable bonds is 1. The maximum atomic E-state index is 5.52. The molecule has 0 amide bonds. The molecule has 1 aliphatic rings. The average molecular weight is 153 g/mol. The van der Waals surface area contributed by atoms with Crippen molar-refractivity contribution in [1.29, 1.82) is 0 Å². The molecule has 1 fully saturated rings. The Morgan fingerprint density at radius 2 is 2.50 bits per heavy atom. The van der Waals surface area contributed by atoms with Crippen LogP contribution in [0.15, 0.2) is 0 Å². The topological polar surface area (TPSA) is 9.23 Å². The van der Waals surface area contributed by atoms with Crippen molar-refractivity contribution < 1.29 is 4.74 Å². The molecule has 0 aliphatic carbocycles. The molecule has 8 heavy (non-hydrogen) atoms. The predicted octanol–water partition coefficient (Wildman–Crippen LogP) is 2.05. The molecule has 0 aromatic heterocycles. The quantitative estimate of drug-likeness (QED) is 0.569. The van der Waals surface area contributed by atoms with Crippen molar-refractivity contribution in [1.82, 2.24) is 0 Å². The molecule has 1 rings (SSSR count). The third-order valence-electron chi connectivity index (χ3n) is 1.24. The maximum absolute atomic E-state index is 5.52. The van der Waals surface area contributed by atoms with Crippen LogP contribution in [-0.2, 0) is 4.74 Å². The third-order valence-corrected chi connectivity index (χ3v) is 2.62. The van der Waals surface area contributed by atoms with Crippen LogP contribution < -0.4 is 0 Å². The normalized spacial score (nSPS) is 30.4. The lowest BCUT2D eigenvalue weighted by Crippen LogP contribution is -2.17. The fourth-order valence-corrected chi connectivity index (χ4v) is 1.61. The van der Waals surface area contributed by atoms with E-state index >= 15 is 0 Å². The van der Waals surface area contributed by atoms with E-state index in [-0.39, 0.29) is 0 Å². The Kier molecular flexibility index (Phi) is 3.02. The van der Waals surface area contributed by atoms with Crippen LogP contribution in [0.1, 0.15) is 12.8 Å². The fraction of sp³-hybridized carbons (Fsp3) is 1.00. The zero-order valence-electron chi connectivity index (χ0n) is 4.60. The van der Waals surface area contributed by atoms with Crippen LogP contribution in [0, 0.1) is 0 Å². The first-order valence-corrected chi connectivity index (χ1v) is 4.49. The van der Waals surface area contributed by atoms with Crippen molar-refractivity contribution in [2.45, 2.75) is 18.1 Å². The van der Waals surface area contributed by atoms with Crippen LogP contribution >= 0.6 is 21.7 Å². The van der Waals surface area contributed by atoms with Crippen molar-refractivity contribution in [2.75, 3.05) is 13.2 Å². The van der Waals surface area contributed by atoms with E-state index in [0.717, 1.165) is 13.2 Å². The van der Waals surface area contributed by atoms with E-state index in [0.29, 0.717) is 5.25 Å². The molecular weight excluding hydrogens is 144 g/mol. The van der Waals surface area contributed by atoms with Gasteiger partial charge in [-0.3, -0.25) is 0 Å². The molecular formula is C5H9ClOS. The van der Waals surface area contributed by atoms with E-state index in [1.54, 1.807) is 0 Å². The number of ether oxygens (including phenoxy) is 1. The van der Waals surface area contributed by atoms with Gasteiger partial charge < -0.3 is 4.74 Å². The van der Waals surface area contributed by atoms with E-state index in [1.807, 2.05) is 0 Å². The molecule has 1 atom stereocenters. The summed E-state index contributed by atoms with van der Waals surface area (Å²) in [5, 5.41) is 0.547. The molecule has 1 unspecified atom stereocenters. The van der Waals surface area contributed by atoms with Gasteiger partial charge in [-0.1, -0.05) is 0 Å². The van der Waals surface area contributed by atoms with Gasteiger partial charge in [-0.05, 0) is 34.5 Å². The second kappa shape index (κ2) is 3.59. The smallest absolute Gasteiger partial charge is 0.0596 e. The minimum absolute atomic E-state index is 0.547. The minimum Gasteiger partial charge on any atom is -0.380 e. The van der Waals surface area contributed by atoms with Crippen LogP contribution in [0.25, 0.3) is 0 Å². The number of halogens is 1. The highest BCUT2D eigenvalue weighted by atomic mass is 35.7. The summed E-state index contributed by atoms with van der Waals surface area (Å²) >= 11 is 0. The molecule has 1 nitrogen and oxygen atoms in total. The molecule has 1 saturated heterocycles. The zero-order chi connectivity index (χ0) is 5.82. The molecule has 0 bridgehead atoms. The van der Waals surface area contributed by atoms with Gasteiger partial charge in [-0.15, -0.1) is 0 Å². The van der Waals surface area contributed by atoms with Gasteiger partial charge in [0.2, 0.25) is 0 Å². The molecule has 0 N–H and O–H groups in total. The molecule has 48 valence electrons. The van der Waals surface area contributed by atoms with E-state index < -0.39 is 0 Å². The molecule has 0 saturated carbocycles. The van der Waals surface area contributed by atoms with Gasteiger partial charge in [0, 0.05) is 11.9 Å². The Morgan fingerprint density at radius 1 is 1.62 bits per heavy atom. The van der Waals surface area contributed by atoms with Crippen molar-refractivity contribution in [2.24, 2.45) is 0 Å². The number of hydrogen-bond donors (Lipinski definition) is 0. The molecule has 3 heteroatoms. The second-order valence-electron chi connectivity index (χ2n) is 1.93. The summed E-state index contributed by atoms with van der Waals surface area (Å²) in [6.07, 6.45) is 2.39. The lowest BCUT2D eigenvalue weighted by molar-refractivity contribution is 0.102. The highest BCUT2D eigenvalue weighted by Crippen LogP contribution is 2.23. The maximum Gasteiger partial charge on any atom is 0.0596 e. The highest BCUT2D eigenvalue weighted by Gasteiger charge is 2.12. The van der Waals surface area contributed by atoms with Crippen LogP contribution in [0.2, 0.25) is 0 Å². The number of hydrogen-bond acceptors (Lipinski definition) is 2. The molecule has 0 radical (unpaired) electrons. The largest absolute Gasteiger partial charge is 0.380 e. The Hall–Kier alpha value is 0.600. The first-order valence-electron chi connectivity index (χ1n) is 2.78. The van der Waals surface area contributed by atoms with Crippen molar-refractivity contribution in [3.63, 3.8) is 0 Å². The van der Waals surface area contributed by atoms with Gasteiger partial charge in [-0.2, -0.15) is 0 Å². The van der Waals surface area contributed by atoms with Crippen molar-refractivity contribution in [3.05, 3.63) is 0 Å². The molecule has 0 aromatic rings. The van der Waals surface area contributed by atoms with E-state index in [9.17, 15) is 0 Å². The third kappa shape index (κ3) is 1.84. The summed E-state index contributed by atoms with van der Waals surface area (Å²) in [5.41, 5.74) is 0. The van der Waals surface area contributed by atoms with Crippen LogP contribution in [0.3, 0.4) is 0 Å². The monoisotopic (exact) mass is 152 g/mol. The second-order valence-corrected chi connectivity index (χ2v) is 3.31. The molecule has 0 aromatic carbocycles. The van der Waals surface area contributed by atoms with E-state index in [4.69, 9.17) is 15.4 Å². The summed E-state index contributed by atoms with van der Waals surface area (Å²) in [6.45, 7) is 1.77. The average Bonchev–Trinajstić information content (AvgIpc) is 1.90. The Labute approximate surface area is 58.2 Å². The first-order chi connectivity index (χ1) is 3.93. The van der Waals surface area contributed by atoms with Crippen LogP contribution in [0.4, 0.5) is 0 Å². The van der Waals surface area contributed by atoms with Crippen molar-refractivity contribution >= 4 is 21.7 Å². The van der Waals surface area contributed by atoms with Crippen molar-refractivity contribution in [3.8, 4) is 0 Å². The fourth-order valence-electron chi connectivity index (χ4n) is 0.781. The van der Waals surface area contributed by atoms with Gasteiger partial charge >= 0.3 is 0 Å². The minimum atomic E-state index is 0.547. The van der Waals surface area contributed by atoms with Gasteiger partial charge in [-0.25, -0.2) is 0 Å². The van der Waals surface area contributed by atoms with Gasteiger partial charge in [0.25, 0.3) is 0 Å². The molecule has 0 spiro atoms. The predicted molar refractivity (Wildman–Crippen MR) is 37.3 cm³/mol. The standard InChI is InChI=1S/C5H9ClOS/c6-8-5-2-1-3-7-4-5/h5H,1-4H2. The van der Waals surface area contributed by atoms with E-state index in [1.165, 1.54) is 23.8 Å². The van der Waals surface area contributed by atoms with Crippen LogP contribution in [0.5, 0.6) is 0 Å². The SMILES string of the molecule is ClSC1CCCOC1. The zero-order valence-corrected chi connectivity index (χ0v) is 6.17. The first kappa shape index (κ1) is 6.72. The van der Waals surface area contributed by atoms with Gasteiger partial charge in [0.05, 0.1) is 6.61 Å².